The molecule has 0 unspecified atom stereocenters. The van der Waals surface area contributed by atoms with Crippen LogP contribution in [0.4, 0.5) is 0 Å². The summed E-state index contributed by atoms with van der Waals surface area (Å²) in [6.07, 6.45) is 2.67. The minimum absolute atomic E-state index is 0.286. The summed E-state index contributed by atoms with van der Waals surface area (Å²) in [4.78, 5) is 35.2. The normalized spacial score (nSPS) is 23.4. The summed E-state index contributed by atoms with van der Waals surface area (Å²) >= 11 is 0. The minimum atomic E-state index is -1.08. The van der Waals surface area contributed by atoms with Crippen molar-refractivity contribution in [1.29, 1.82) is 0 Å². The van der Waals surface area contributed by atoms with Gasteiger partial charge in [-0.2, -0.15) is 0 Å². The summed E-state index contributed by atoms with van der Waals surface area (Å²) in [5, 5.41) is 17.8. The second-order valence-corrected chi connectivity index (χ2v) is 4.58. The van der Waals surface area contributed by atoms with Gasteiger partial charge in [0.1, 0.15) is 6.54 Å². The predicted octanol–water partition coefficient (Wildman–Crippen LogP) is 0.810. The van der Waals surface area contributed by atoms with Crippen molar-refractivity contribution in [3.8, 4) is 0 Å². The molecular formula is C12H19NO5. The molecule has 0 aromatic carbocycles. The zero-order chi connectivity index (χ0) is 13.7. The molecule has 2 N–H and O–H groups in total. The number of likely N-dealkylation sites (N-methyl/N-ethyl adjacent to an activating group) is 1. The van der Waals surface area contributed by atoms with Crippen molar-refractivity contribution in [1.82, 2.24) is 4.90 Å². The Labute approximate surface area is 106 Å². The van der Waals surface area contributed by atoms with Crippen molar-refractivity contribution in [2.45, 2.75) is 32.6 Å². The highest BCUT2D eigenvalue weighted by Crippen LogP contribution is 2.31. The van der Waals surface area contributed by atoms with Crippen molar-refractivity contribution in [2.75, 3.05) is 13.1 Å². The van der Waals surface area contributed by atoms with Crippen LogP contribution in [0.2, 0.25) is 0 Å². The number of carbonyl (C=O) groups is 3. The maximum Gasteiger partial charge on any atom is 0.323 e. The van der Waals surface area contributed by atoms with Crippen molar-refractivity contribution < 1.29 is 24.6 Å². The van der Waals surface area contributed by atoms with Gasteiger partial charge in [0.05, 0.1) is 11.8 Å². The van der Waals surface area contributed by atoms with Gasteiger partial charge in [-0.3, -0.25) is 14.4 Å². The molecule has 1 rings (SSSR count). The van der Waals surface area contributed by atoms with Crippen LogP contribution in [0.5, 0.6) is 0 Å². The standard InChI is InChI=1S/C12H19NO5/c1-2-13(7-10(14)15)11(16)8-5-3-4-6-9(8)12(17)18/h8-9H,2-7H2,1H3,(H,14,15)(H,17,18)/t8-,9+/m0/s1. The van der Waals surface area contributed by atoms with Crippen molar-refractivity contribution in [3.63, 3.8) is 0 Å². The van der Waals surface area contributed by atoms with Crippen molar-refractivity contribution in [2.24, 2.45) is 11.8 Å². The topological polar surface area (TPSA) is 94.9 Å². The number of nitrogens with zero attached hydrogens (tertiary/aromatic N) is 1. The fourth-order valence-electron chi connectivity index (χ4n) is 2.47. The number of aliphatic carboxylic acids is 2. The van der Waals surface area contributed by atoms with E-state index in [9.17, 15) is 14.4 Å². The molecule has 2 atom stereocenters. The first-order valence-corrected chi connectivity index (χ1v) is 6.20. The number of rotatable bonds is 5. The zero-order valence-electron chi connectivity index (χ0n) is 10.5. The Balaban J connectivity index is 2.78. The fraction of sp³-hybridized carbons (Fsp3) is 0.750. The second-order valence-electron chi connectivity index (χ2n) is 4.58. The molecule has 6 heteroatoms. The Kier molecular flexibility index (Phi) is 5.12. The molecule has 0 radical (unpaired) electrons. The zero-order valence-corrected chi connectivity index (χ0v) is 10.5. The molecule has 102 valence electrons. The quantitative estimate of drug-likeness (QED) is 0.760. The molecule has 0 bridgehead atoms. The van der Waals surface area contributed by atoms with Gasteiger partial charge in [-0.1, -0.05) is 12.8 Å². The average molecular weight is 257 g/mol. The molecule has 0 spiro atoms. The summed E-state index contributed by atoms with van der Waals surface area (Å²) < 4.78 is 0. The number of carbonyl (C=O) groups excluding carboxylic acids is 1. The van der Waals surface area contributed by atoms with Gasteiger partial charge in [0.25, 0.3) is 0 Å². The Morgan fingerprint density at radius 2 is 1.67 bits per heavy atom. The Bertz CT molecular complexity index is 341. The second kappa shape index (κ2) is 6.37. The highest BCUT2D eigenvalue weighted by Gasteiger charge is 2.37. The highest BCUT2D eigenvalue weighted by molar-refractivity contribution is 5.87. The van der Waals surface area contributed by atoms with Crippen LogP contribution in [-0.4, -0.2) is 46.0 Å². The molecule has 0 aromatic rings. The van der Waals surface area contributed by atoms with Crippen LogP contribution in [0.15, 0.2) is 0 Å². The highest BCUT2D eigenvalue weighted by atomic mass is 16.4. The maximum absolute atomic E-state index is 12.2. The number of amides is 1. The number of carboxylic acids is 2. The first-order chi connectivity index (χ1) is 8.47. The Hall–Kier alpha value is -1.59. The van der Waals surface area contributed by atoms with Crippen LogP contribution in [0, 0.1) is 11.8 Å². The predicted molar refractivity (Wildman–Crippen MR) is 63.0 cm³/mol. The van der Waals surface area contributed by atoms with Crippen LogP contribution in [0.25, 0.3) is 0 Å². The van der Waals surface area contributed by atoms with Crippen LogP contribution in [0.1, 0.15) is 32.6 Å². The van der Waals surface area contributed by atoms with Crippen LogP contribution < -0.4 is 0 Å². The molecule has 1 saturated carbocycles. The molecule has 0 aromatic heterocycles. The van der Waals surface area contributed by atoms with Crippen LogP contribution >= 0.6 is 0 Å². The molecule has 1 fully saturated rings. The van der Waals surface area contributed by atoms with E-state index in [1.807, 2.05) is 0 Å². The first-order valence-electron chi connectivity index (χ1n) is 6.20. The molecule has 1 aliphatic carbocycles. The van der Waals surface area contributed by atoms with E-state index in [0.29, 0.717) is 12.8 Å². The van der Waals surface area contributed by atoms with Gasteiger partial charge in [-0.15, -0.1) is 0 Å². The monoisotopic (exact) mass is 257 g/mol. The van der Waals surface area contributed by atoms with E-state index in [-0.39, 0.29) is 19.0 Å². The average Bonchev–Trinajstić information content (AvgIpc) is 2.34. The number of hydrogen-bond donors (Lipinski definition) is 2. The van der Waals surface area contributed by atoms with Crippen molar-refractivity contribution >= 4 is 17.8 Å². The molecule has 6 nitrogen and oxygen atoms in total. The van der Waals surface area contributed by atoms with Gasteiger partial charge in [0.15, 0.2) is 0 Å². The van der Waals surface area contributed by atoms with Gasteiger partial charge in [-0.05, 0) is 19.8 Å². The summed E-state index contributed by atoms with van der Waals surface area (Å²) in [6.45, 7) is 1.62. The first kappa shape index (κ1) is 14.5. The van der Waals surface area contributed by atoms with Crippen molar-refractivity contribution in [3.05, 3.63) is 0 Å². The Morgan fingerprint density at radius 3 is 2.11 bits per heavy atom. The minimum Gasteiger partial charge on any atom is -0.481 e. The van der Waals surface area contributed by atoms with E-state index in [1.54, 1.807) is 6.92 Å². The summed E-state index contributed by atoms with van der Waals surface area (Å²) in [6, 6.07) is 0. The van der Waals surface area contributed by atoms with E-state index >= 15 is 0 Å². The SMILES string of the molecule is CCN(CC(=O)O)C(=O)[C@H]1CCCC[C@H]1C(=O)O. The smallest absolute Gasteiger partial charge is 0.323 e. The maximum atomic E-state index is 12.2. The van der Waals surface area contributed by atoms with E-state index in [0.717, 1.165) is 12.8 Å². The Morgan fingerprint density at radius 1 is 1.11 bits per heavy atom. The summed E-state index contributed by atoms with van der Waals surface area (Å²) in [5.41, 5.74) is 0. The molecule has 0 heterocycles. The summed E-state index contributed by atoms with van der Waals surface area (Å²) in [5.74, 6) is -3.62. The lowest BCUT2D eigenvalue weighted by Crippen LogP contribution is -2.44. The van der Waals surface area contributed by atoms with Gasteiger partial charge in [0.2, 0.25) is 5.91 Å². The summed E-state index contributed by atoms with van der Waals surface area (Å²) in [7, 11) is 0. The van der Waals surface area contributed by atoms with E-state index < -0.39 is 23.8 Å². The third kappa shape index (κ3) is 3.45. The van der Waals surface area contributed by atoms with Gasteiger partial charge < -0.3 is 15.1 Å². The number of carboxylic acid groups (broad SMARTS) is 2. The van der Waals surface area contributed by atoms with Gasteiger partial charge >= 0.3 is 11.9 Å². The van der Waals surface area contributed by atoms with E-state index in [1.165, 1.54) is 4.90 Å². The lowest BCUT2D eigenvalue weighted by atomic mass is 9.78. The lowest BCUT2D eigenvalue weighted by molar-refractivity contribution is -0.154. The van der Waals surface area contributed by atoms with E-state index in [2.05, 4.69) is 0 Å². The fourth-order valence-corrected chi connectivity index (χ4v) is 2.47. The third-order valence-electron chi connectivity index (χ3n) is 3.42. The van der Waals surface area contributed by atoms with Crippen LogP contribution in [-0.2, 0) is 14.4 Å². The largest absolute Gasteiger partial charge is 0.481 e. The lowest BCUT2D eigenvalue weighted by Gasteiger charge is -2.31. The van der Waals surface area contributed by atoms with Gasteiger partial charge in [0, 0.05) is 6.54 Å². The molecule has 1 aliphatic rings. The van der Waals surface area contributed by atoms with E-state index in [4.69, 9.17) is 10.2 Å². The third-order valence-corrected chi connectivity index (χ3v) is 3.42. The molecule has 0 aliphatic heterocycles. The van der Waals surface area contributed by atoms with Gasteiger partial charge in [-0.25, -0.2) is 0 Å². The molecule has 18 heavy (non-hydrogen) atoms. The van der Waals surface area contributed by atoms with Crippen LogP contribution in [0.3, 0.4) is 0 Å². The molecule has 1 amide bonds. The molecular weight excluding hydrogens is 238 g/mol. The molecule has 0 saturated heterocycles. The number of hydrogen-bond acceptors (Lipinski definition) is 3.